The van der Waals surface area contributed by atoms with E-state index in [1.54, 1.807) is 0 Å². The van der Waals surface area contributed by atoms with E-state index in [1.165, 1.54) is 186 Å². The molecule has 1 unspecified atom stereocenters. The van der Waals surface area contributed by atoms with E-state index < -0.39 is 5.97 Å². The molecule has 0 aliphatic heterocycles. The Morgan fingerprint density at radius 3 is 1.14 bits per heavy atom. The van der Waals surface area contributed by atoms with Crippen LogP contribution < -0.4 is 5.32 Å². The van der Waals surface area contributed by atoms with E-state index in [4.69, 9.17) is 9.84 Å². The molecular weight excluding hydrogens is 707 g/mol. The minimum atomic E-state index is -1.01. The van der Waals surface area contributed by atoms with Crippen LogP contribution in [0, 0.1) is 0 Å². The SMILES string of the molecule is CCCCCCCCCC/C=C\CCCCCC(CCCCCCCC(=O)NCC(=O)O)OC(=O)CCCCCCCCCCCCCCCCCCCCCC. The number of unbranched alkanes of at least 4 members (excludes halogenated alkanes) is 34. The molecule has 0 bridgehead atoms. The maximum Gasteiger partial charge on any atom is 0.322 e. The van der Waals surface area contributed by atoms with Crippen LogP contribution in [0.1, 0.15) is 284 Å². The number of allylic oxidation sites excluding steroid dienone is 2. The van der Waals surface area contributed by atoms with E-state index in [0.717, 1.165) is 70.6 Å². The molecular formula is C51H97NO5. The van der Waals surface area contributed by atoms with Crippen LogP contribution in [-0.2, 0) is 19.1 Å². The van der Waals surface area contributed by atoms with Crippen LogP contribution in [0.2, 0.25) is 0 Å². The highest BCUT2D eigenvalue weighted by atomic mass is 16.5. The number of ether oxygens (including phenoxy) is 1. The fourth-order valence-corrected chi connectivity index (χ4v) is 7.92. The molecule has 0 aromatic rings. The molecule has 0 rings (SSSR count). The van der Waals surface area contributed by atoms with Gasteiger partial charge in [0.15, 0.2) is 0 Å². The summed E-state index contributed by atoms with van der Waals surface area (Å²) < 4.78 is 6.06. The number of esters is 1. The van der Waals surface area contributed by atoms with Gasteiger partial charge in [0.25, 0.3) is 0 Å². The molecule has 0 aliphatic rings. The molecule has 0 fully saturated rings. The number of hydrogen-bond donors (Lipinski definition) is 2. The summed E-state index contributed by atoms with van der Waals surface area (Å²) in [5, 5.41) is 11.1. The molecule has 0 aromatic heterocycles. The highest BCUT2D eigenvalue weighted by Gasteiger charge is 2.14. The van der Waals surface area contributed by atoms with Crippen molar-refractivity contribution in [3.63, 3.8) is 0 Å². The molecule has 0 spiro atoms. The van der Waals surface area contributed by atoms with Crippen molar-refractivity contribution in [2.75, 3.05) is 6.54 Å². The predicted molar refractivity (Wildman–Crippen MR) is 245 cm³/mol. The van der Waals surface area contributed by atoms with Gasteiger partial charge in [-0.15, -0.1) is 0 Å². The molecule has 0 heterocycles. The number of aliphatic carboxylic acids is 1. The first-order chi connectivity index (χ1) is 28.0. The van der Waals surface area contributed by atoms with Crippen molar-refractivity contribution in [3.05, 3.63) is 12.2 Å². The van der Waals surface area contributed by atoms with Crippen LogP contribution >= 0.6 is 0 Å². The van der Waals surface area contributed by atoms with E-state index in [9.17, 15) is 14.4 Å². The van der Waals surface area contributed by atoms with Crippen LogP contribution in [0.5, 0.6) is 0 Å². The highest BCUT2D eigenvalue weighted by Crippen LogP contribution is 2.19. The number of carboxylic acids is 1. The van der Waals surface area contributed by atoms with Crippen LogP contribution in [-0.4, -0.2) is 35.6 Å². The van der Waals surface area contributed by atoms with E-state index >= 15 is 0 Å². The van der Waals surface area contributed by atoms with Crippen LogP contribution in [0.4, 0.5) is 0 Å². The summed E-state index contributed by atoms with van der Waals surface area (Å²) in [4.78, 5) is 35.2. The quantitative estimate of drug-likeness (QED) is 0.0363. The highest BCUT2D eigenvalue weighted by molar-refractivity contribution is 5.80. The first-order valence-electron chi connectivity index (χ1n) is 25.3. The Hall–Kier alpha value is -1.85. The molecule has 0 saturated heterocycles. The predicted octanol–water partition coefficient (Wildman–Crippen LogP) is 16.1. The van der Waals surface area contributed by atoms with E-state index in [1.807, 2.05) is 0 Å². The first kappa shape index (κ1) is 55.2. The Morgan fingerprint density at radius 2 is 0.754 bits per heavy atom. The van der Waals surface area contributed by atoms with Gasteiger partial charge in [0.05, 0.1) is 0 Å². The maximum absolute atomic E-state index is 12.8. The third kappa shape index (κ3) is 46.7. The normalized spacial score (nSPS) is 12.0. The summed E-state index contributed by atoms with van der Waals surface area (Å²) in [6.45, 7) is 4.26. The van der Waals surface area contributed by atoms with Gasteiger partial charge in [-0.1, -0.05) is 219 Å². The molecule has 0 radical (unpaired) electrons. The number of carbonyl (C=O) groups excluding carboxylic acids is 2. The standard InChI is InChI=1S/C51H97NO5/c1-3-5-7-9-11-13-15-17-19-20-21-22-23-25-27-29-31-33-38-42-46-51(56)57-48(44-40-36-34-37-41-45-49(53)52-47-50(54)55)43-39-35-32-30-28-26-24-18-16-14-12-10-8-6-4-2/h26,28,48H,3-25,27,29-47H2,1-2H3,(H,52,53)(H,54,55)/b28-26-. The van der Waals surface area contributed by atoms with Gasteiger partial charge in [-0.3, -0.25) is 14.4 Å². The lowest BCUT2D eigenvalue weighted by Crippen LogP contribution is -2.28. The Labute approximate surface area is 354 Å². The smallest absolute Gasteiger partial charge is 0.322 e. The van der Waals surface area contributed by atoms with E-state index in [2.05, 4.69) is 31.3 Å². The molecule has 0 aliphatic carbocycles. The molecule has 1 amide bonds. The van der Waals surface area contributed by atoms with Crippen molar-refractivity contribution in [2.45, 2.75) is 290 Å². The molecule has 2 N–H and O–H groups in total. The largest absolute Gasteiger partial charge is 0.480 e. The zero-order valence-electron chi connectivity index (χ0n) is 38.2. The second-order valence-electron chi connectivity index (χ2n) is 17.4. The maximum atomic E-state index is 12.8. The number of rotatable bonds is 47. The molecule has 57 heavy (non-hydrogen) atoms. The fourth-order valence-electron chi connectivity index (χ4n) is 7.92. The van der Waals surface area contributed by atoms with E-state index in [0.29, 0.717) is 12.8 Å². The minimum absolute atomic E-state index is 0.0151. The van der Waals surface area contributed by atoms with Gasteiger partial charge in [0.1, 0.15) is 12.6 Å². The van der Waals surface area contributed by atoms with Gasteiger partial charge < -0.3 is 15.2 Å². The minimum Gasteiger partial charge on any atom is -0.480 e. The lowest BCUT2D eigenvalue weighted by Gasteiger charge is -2.18. The van der Waals surface area contributed by atoms with Gasteiger partial charge >= 0.3 is 11.9 Å². The zero-order chi connectivity index (χ0) is 41.5. The van der Waals surface area contributed by atoms with Crippen molar-refractivity contribution in [1.82, 2.24) is 5.32 Å². The average molecular weight is 804 g/mol. The summed E-state index contributed by atoms with van der Waals surface area (Å²) in [7, 11) is 0. The Bertz CT molecular complexity index is 889. The molecule has 6 nitrogen and oxygen atoms in total. The van der Waals surface area contributed by atoms with Crippen LogP contribution in [0.15, 0.2) is 12.2 Å². The first-order valence-corrected chi connectivity index (χ1v) is 25.3. The van der Waals surface area contributed by atoms with Crippen molar-refractivity contribution in [3.8, 4) is 0 Å². The molecule has 336 valence electrons. The average Bonchev–Trinajstić information content (AvgIpc) is 3.20. The third-order valence-electron chi connectivity index (χ3n) is 11.7. The second kappa shape index (κ2) is 46.8. The van der Waals surface area contributed by atoms with Gasteiger partial charge in [-0.2, -0.15) is 0 Å². The van der Waals surface area contributed by atoms with Crippen molar-refractivity contribution in [2.24, 2.45) is 0 Å². The number of amides is 1. The molecule has 0 saturated carbocycles. The van der Waals surface area contributed by atoms with Crippen LogP contribution in [0.25, 0.3) is 0 Å². The lowest BCUT2D eigenvalue weighted by atomic mass is 10.0. The van der Waals surface area contributed by atoms with Crippen molar-refractivity contribution >= 4 is 17.8 Å². The Kier molecular flexibility index (Phi) is 45.3. The van der Waals surface area contributed by atoms with Gasteiger partial charge in [0.2, 0.25) is 5.91 Å². The van der Waals surface area contributed by atoms with Gasteiger partial charge in [-0.05, 0) is 64.2 Å². The summed E-state index contributed by atoms with van der Waals surface area (Å²) in [5.41, 5.74) is 0. The number of hydrogen-bond acceptors (Lipinski definition) is 4. The molecule has 6 heteroatoms. The summed E-state index contributed by atoms with van der Waals surface area (Å²) in [5.74, 6) is -1.22. The number of nitrogens with one attached hydrogen (secondary N) is 1. The van der Waals surface area contributed by atoms with Crippen molar-refractivity contribution in [1.29, 1.82) is 0 Å². The second-order valence-corrected chi connectivity index (χ2v) is 17.4. The van der Waals surface area contributed by atoms with Gasteiger partial charge in [-0.25, -0.2) is 0 Å². The number of carboxylic acid groups (broad SMARTS) is 1. The van der Waals surface area contributed by atoms with Gasteiger partial charge in [0, 0.05) is 12.8 Å². The van der Waals surface area contributed by atoms with Crippen molar-refractivity contribution < 1.29 is 24.2 Å². The number of carbonyl (C=O) groups is 3. The molecule has 1 atom stereocenters. The van der Waals surface area contributed by atoms with Crippen LogP contribution in [0.3, 0.4) is 0 Å². The summed E-state index contributed by atoms with van der Waals surface area (Å²) >= 11 is 0. The Balaban J connectivity index is 4.08. The topological polar surface area (TPSA) is 92.7 Å². The Morgan fingerprint density at radius 1 is 0.439 bits per heavy atom. The fraction of sp³-hybridized carbons (Fsp3) is 0.902. The van der Waals surface area contributed by atoms with E-state index in [-0.39, 0.29) is 24.5 Å². The summed E-state index contributed by atoms with van der Waals surface area (Å²) in [6, 6.07) is 0. The monoisotopic (exact) mass is 804 g/mol. The molecule has 0 aromatic carbocycles. The third-order valence-corrected chi connectivity index (χ3v) is 11.7. The lowest BCUT2D eigenvalue weighted by molar-refractivity contribution is -0.150. The zero-order valence-corrected chi connectivity index (χ0v) is 38.2. The summed E-state index contributed by atoms with van der Waals surface area (Å²) in [6.07, 6.45) is 56.4.